The van der Waals surface area contributed by atoms with Crippen molar-refractivity contribution in [2.75, 3.05) is 27.2 Å². The van der Waals surface area contributed by atoms with E-state index in [1.165, 1.54) is 7.11 Å². The molecular weight excluding hydrogens is 875 g/mol. The average molecular weight is 948 g/mol. The number of esters is 2. The van der Waals surface area contributed by atoms with E-state index in [0.717, 1.165) is 5.56 Å². The van der Waals surface area contributed by atoms with Gasteiger partial charge in [-0.25, -0.2) is 4.79 Å². The Morgan fingerprint density at radius 2 is 1.81 bits per heavy atom. The fourth-order valence-corrected chi connectivity index (χ4v) is 10.8. The zero-order valence-corrected chi connectivity index (χ0v) is 41.4. The second-order valence-corrected chi connectivity index (χ2v) is 19.5. The van der Waals surface area contributed by atoms with Gasteiger partial charge in [0, 0.05) is 62.9 Å². The number of rotatable bonds is 16. The quantitative estimate of drug-likeness (QED) is 0.0693. The van der Waals surface area contributed by atoms with Crippen LogP contribution in [0.5, 0.6) is 0 Å². The normalized spacial score (nSPS) is 33.9. The highest BCUT2D eigenvalue weighted by atomic mass is 16.7. The minimum Gasteiger partial charge on any atom is -0.464 e. The van der Waals surface area contributed by atoms with Crippen LogP contribution in [0.3, 0.4) is 0 Å². The Hall–Kier alpha value is -4.94. The van der Waals surface area contributed by atoms with Crippen molar-refractivity contribution in [2.24, 2.45) is 23.7 Å². The van der Waals surface area contributed by atoms with Gasteiger partial charge in [0.1, 0.15) is 29.9 Å². The number of unbranched alkanes of at least 4 members (excludes halogenated alkanes) is 1. The first-order valence-electron chi connectivity index (χ1n) is 24.1. The number of pyridine rings is 1. The Kier molecular flexibility index (Phi) is 17.5. The molecule has 0 unspecified atom stereocenters. The molecule has 0 saturated carbocycles. The zero-order valence-electron chi connectivity index (χ0n) is 41.4. The largest absolute Gasteiger partial charge is 0.464 e. The average Bonchev–Trinajstić information content (AvgIpc) is 4.08. The molecule has 6 heterocycles. The number of furan rings is 1. The van der Waals surface area contributed by atoms with Gasteiger partial charge in [0.2, 0.25) is 0 Å². The standard InChI is InChI=1S/C51H73N5O12/c1-12-22-54(10)38-26-32(4)64-48(43(38)59)67-46-34(6)44(66-41(57)27-37-19-14-15-21-52-37)35(7)47(60)65-40(13-2)51(9)45(33(5)42(58)31(3)28-50(46,8)62-11)56(49(61)68-51)24-17-16-23-55-30-36(29-53-55)39-20-18-25-63-39/h12,14-15,18-21,25,29-35,38,40,43-46,48,59H,1,13,16-17,22-24,26-28H2,2-11H3/t31-,32+,33+,34+,35-,38-,40-,43+,44+,45-,46-,48-,50-,51-/m1/s1. The van der Waals surface area contributed by atoms with Crippen LogP contribution in [0.2, 0.25) is 0 Å². The third-order valence-electron chi connectivity index (χ3n) is 14.5. The first-order chi connectivity index (χ1) is 32.3. The number of hydrogen-bond acceptors (Lipinski definition) is 15. The summed E-state index contributed by atoms with van der Waals surface area (Å²) >= 11 is 0. The topological polar surface area (TPSA) is 194 Å². The number of carbonyl (C=O) groups is 4. The maximum absolute atomic E-state index is 15.0. The maximum atomic E-state index is 15.0. The van der Waals surface area contributed by atoms with Crippen LogP contribution in [0.25, 0.3) is 11.3 Å². The van der Waals surface area contributed by atoms with Gasteiger partial charge in [-0.15, -0.1) is 6.58 Å². The number of fused-ring (bicyclic) bond motifs is 1. The number of hydrogen-bond donors (Lipinski definition) is 1. The van der Waals surface area contributed by atoms with Gasteiger partial charge in [0.15, 0.2) is 11.9 Å². The molecule has 3 aliphatic rings. The first kappa shape index (κ1) is 52.4. The number of ether oxygens (including phenoxy) is 6. The van der Waals surface area contributed by atoms with E-state index in [-0.39, 0.29) is 43.7 Å². The summed E-state index contributed by atoms with van der Waals surface area (Å²) in [6, 6.07) is 7.71. The molecule has 3 aromatic rings. The third-order valence-corrected chi connectivity index (χ3v) is 14.5. The van der Waals surface area contributed by atoms with Crippen molar-refractivity contribution in [3.63, 3.8) is 0 Å². The number of aliphatic hydroxyl groups excluding tert-OH is 1. The van der Waals surface area contributed by atoms with Crippen molar-refractivity contribution < 1.29 is 57.1 Å². The van der Waals surface area contributed by atoms with E-state index in [4.69, 9.17) is 32.8 Å². The molecule has 6 rings (SSSR count). The Bertz CT molecular complexity index is 2150. The van der Waals surface area contributed by atoms with Gasteiger partial charge in [-0.2, -0.15) is 5.10 Å². The van der Waals surface area contributed by atoms with E-state index >= 15 is 4.79 Å². The molecule has 1 amide bonds. The monoisotopic (exact) mass is 948 g/mol. The van der Waals surface area contributed by atoms with Crippen molar-refractivity contribution in [3.8, 4) is 11.3 Å². The van der Waals surface area contributed by atoms with Crippen LogP contribution in [0.4, 0.5) is 4.79 Å². The van der Waals surface area contributed by atoms with E-state index in [9.17, 15) is 19.5 Å². The fraction of sp³-hybridized carbons (Fsp3) is 0.647. The maximum Gasteiger partial charge on any atom is 0.410 e. The summed E-state index contributed by atoms with van der Waals surface area (Å²) in [5, 5.41) is 16.4. The van der Waals surface area contributed by atoms with E-state index in [0.29, 0.717) is 43.8 Å². The number of aromatic nitrogens is 3. The predicted molar refractivity (Wildman–Crippen MR) is 251 cm³/mol. The number of nitrogens with zero attached hydrogens (tertiary/aromatic N) is 5. The molecule has 374 valence electrons. The van der Waals surface area contributed by atoms with E-state index in [1.807, 2.05) is 62.7 Å². The number of amides is 1. The summed E-state index contributed by atoms with van der Waals surface area (Å²) in [6.45, 7) is 19.5. The third kappa shape index (κ3) is 11.6. The number of methoxy groups -OCH3 is 1. The second-order valence-electron chi connectivity index (χ2n) is 19.5. The summed E-state index contributed by atoms with van der Waals surface area (Å²) in [7, 11) is 3.41. The lowest BCUT2D eigenvalue weighted by Crippen LogP contribution is -2.61. The summed E-state index contributed by atoms with van der Waals surface area (Å²) in [6.07, 6.45) is 4.00. The molecule has 0 bridgehead atoms. The van der Waals surface area contributed by atoms with E-state index in [2.05, 4.69) is 16.7 Å². The molecule has 17 nitrogen and oxygen atoms in total. The minimum absolute atomic E-state index is 0.104. The predicted octanol–water partition coefficient (Wildman–Crippen LogP) is 6.66. The van der Waals surface area contributed by atoms with Crippen molar-refractivity contribution in [2.45, 2.75) is 161 Å². The molecule has 0 radical (unpaired) electrons. The number of carbonyl (C=O) groups excluding carboxylic acids is 4. The van der Waals surface area contributed by atoms with E-state index in [1.54, 1.807) is 75.5 Å². The van der Waals surface area contributed by atoms with Crippen LogP contribution in [-0.4, -0.2) is 141 Å². The Morgan fingerprint density at radius 1 is 1.06 bits per heavy atom. The highest BCUT2D eigenvalue weighted by Gasteiger charge is 2.60. The summed E-state index contributed by atoms with van der Waals surface area (Å²) in [4.78, 5) is 65.8. The SMILES string of the molecule is C=CCN(C)[C@@H]1C[C@H](C)O[C@H](O[C@@H]2[C@@H](C)[C@H](OC(=O)Cc3ccccn3)[C@@H](C)C(=O)O[C@H](CC)[C@@]3(C)OC(=O)N(CCCCn4cc(-c5ccco5)cn4)[C@@H]3[C@@H](C)C(=O)[C@H](C)C[C@@]2(C)OC)[C@H]1O. The molecule has 17 heteroatoms. The number of Topliss-reactive ketones (excluding diaryl/α,β-unsaturated/α-hetero) is 1. The van der Waals surface area contributed by atoms with Crippen LogP contribution in [0, 0.1) is 23.7 Å². The van der Waals surface area contributed by atoms with Gasteiger partial charge in [-0.3, -0.25) is 28.9 Å². The van der Waals surface area contributed by atoms with Crippen molar-refractivity contribution in [1.29, 1.82) is 0 Å². The highest BCUT2D eigenvalue weighted by Crippen LogP contribution is 2.44. The van der Waals surface area contributed by atoms with Crippen molar-refractivity contribution >= 4 is 23.8 Å². The van der Waals surface area contributed by atoms with Gasteiger partial charge in [0.25, 0.3) is 0 Å². The Balaban J connectivity index is 1.35. The van der Waals surface area contributed by atoms with E-state index < -0.39 is 89.7 Å². The van der Waals surface area contributed by atoms with Gasteiger partial charge >= 0.3 is 18.0 Å². The summed E-state index contributed by atoms with van der Waals surface area (Å²) in [5.41, 5.74) is -1.45. The molecular formula is C51H73N5O12. The number of aryl methyl sites for hydroxylation is 1. The molecule has 3 aliphatic heterocycles. The first-order valence-corrected chi connectivity index (χ1v) is 24.1. The molecule has 0 aliphatic carbocycles. The summed E-state index contributed by atoms with van der Waals surface area (Å²) in [5.74, 6) is -4.23. The Labute approximate surface area is 400 Å². The van der Waals surface area contributed by atoms with Crippen LogP contribution in [0.15, 0.2) is 72.3 Å². The molecule has 0 spiro atoms. The molecule has 1 N–H and O–H groups in total. The van der Waals surface area contributed by atoms with Crippen LogP contribution >= 0.6 is 0 Å². The van der Waals surface area contributed by atoms with Gasteiger partial charge in [-0.05, 0) is 91.1 Å². The Morgan fingerprint density at radius 3 is 2.47 bits per heavy atom. The number of ketones is 1. The lowest BCUT2D eigenvalue weighted by Gasteiger charge is -2.48. The second kappa shape index (κ2) is 22.7. The molecule has 3 aromatic heterocycles. The molecule has 68 heavy (non-hydrogen) atoms. The minimum atomic E-state index is -1.45. The number of cyclic esters (lactones) is 1. The van der Waals surface area contributed by atoms with Crippen molar-refractivity contribution in [1.82, 2.24) is 24.6 Å². The fourth-order valence-electron chi connectivity index (χ4n) is 10.8. The smallest absolute Gasteiger partial charge is 0.410 e. The molecule has 3 fully saturated rings. The van der Waals surface area contributed by atoms with Crippen LogP contribution in [0.1, 0.15) is 93.2 Å². The lowest BCUT2D eigenvalue weighted by molar-refractivity contribution is -0.302. The molecule has 14 atom stereocenters. The van der Waals surface area contributed by atoms with Gasteiger partial charge < -0.3 is 42.8 Å². The van der Waals surface area contributed by atoms with Gasteiger partial charge in [-0.1, -0.05) is 39.8 Å². The molecule has 0 aromatic carbocycles. The zero-order chi connectivity index (χ0) is 49.5. The number of likely N-dealkylation sites (N-methyl/N-ethyl adjacent to an activating group) is 1. The number of aliphatic hydroxyl groups is 1. The van der Waals surface area contributed by atoms with Crippen molar-refractivity contribution in [3.05, 3.63) is 73.5 Å². The lowest BCUT2D eigenvalue weighted by atomic mass is 9.73. The highest BCUT2D eigenvalue weighted by molar-refractivity contribution is 5.85. The summed E-state index contributed by atoms with van der Waals surface area (Å²) < 4.78 is 46.0. The molecule has 3 saturated heterocycles. The van der Waals surface area contributed by atoms with Crippen LogP contribution < -0.4 is 0 Å². The van der Waals surface area contributed by atoms with Gasteiger partial charge in [0.05, 0.1) is 59.9 Å². The van der Waals surface area contributed by atoms with Crippen LogP contribution in [-0.2, 0) is 55.8 Å².